The summed E-state index contributed by atoms with van der Waals surface area (Å²) in [4.78, 5) is 39.0. The van der Waals surface area contributed by atoms with E-state index in [1.807, 2.05) is 4.90 Å². The molecule has 2 aromatic carbocycles. The number of hydrogen-bond donors (Lipinski definition) is 2. The van der Waals surface area contributed by atoms with E-state index in [1.165, 1.54) is 6.20 Å². The molecule has 0 saturated carbocycles. The topological polar surface area (TPSA) is 128 Å². The number of likely N-dealkylation sites (N-methyl/N-ethyl adjacent to an activating group) is 1. The van der Waals surface area contributed by atoms with Crippen LogP contribution in [-0.2, 0) is 17.4 Å². The van der Waals surface area contributed by atoms with Crippen molar-refractivity contribution in [3.8, 4) is 11.4 Å². The van der Waals surface area contributed by atoms with Gasteiger partial charge >= 0.3 is 12.1 Å². The molecule has 0 unspecified atom stereocenters. The largest absolute Gasteiger partial charge is 0.471 e. The quantitative estimate of drug-likeness (QED) is 0.365. The van der Waals surface area contributed by atoms with Crippen LogP contribution in [0.25, 0.3) is 22.4 Å². The lowest BCUT2D eigenvalue weighted by Crippen LogP contribution is -2.39. The average molecular weight is 543 g/mol. The lowest BCUT2D eigenvalue weighted by Gasteiger charge is -2.32. The number of carbonyl (C=O) groups excluding carboxylic acids is 1. The van der Waals surface area contributed by atoms with Crippen molar-refractivity contribution in [1.82, 2.24) is 29.9 Å². The van der Waals surface area contributed by atoms with Gasteiger partial charge in [-0.1, -0.05) is 29.4 Å². The number of alkyl halides is 3. The van der Waals surface area contributed by atoms with Crippen LogP contribution in [0, 0.1) is 0 Å². The normalized spacial score (nSPS) is 17.0. The van der Waals surface area contributed by atoms with Gasteiger partial charge in [-0.2, -0.15) is 18.2 Å². The van der Waals surface area contributed by atoms with E-state index in [4.69, 9.17) is 0 Å². The third-order valence-corrected chi connectivity index (χ3v) is 6.73. The smallest absolute Gasteiger partial charge is 0.392 e. The fraction of sp³-hybridized carbons (Fsp3) is 0.346. The zero-order chi connectivity index (χ0) is 27.7. The Kier molecular flexibility index (Phi) is 7.19. The van der Waals surface area contributed by atoms with Gasteiger partial charge in [0.25, 0.3) is 5.56 Å². The molecular weight excluding hydrogens is 517 g/mol. The molecule has 1 amide bonds. The van der Waals surface area contributed by atoms with E-state index in [0.29, 0.717) is 53.8 Å². The van der Waals surface area contributed by atoms with Gasteiger partial charge < -0.3 is 19.5 Å². The number of benzene rings is 2. The second kappa shape index (κ2) is 10.6. The molecule has 204 valence electrons. The average Bonchev–Trinajstić information content (AvgIpc) is 3.56. The number of β-amino-alcohol motifs (C(OH)–C–C–N with tert-alkyl or cyclic N) is 1. The van der Waals surface area contributed by atoms with E-state index in [-0.39, 0.29) is 23.7 Å². The lowest BCUT2D eigenvalue weighted by molar-refractivity contribution is -0.159. The Hall–Kier alpha value is -4.10. The van der Waals surface area contributed by atoms with Gasteiger partial charge in [-0.05, 0) is 35.7 Å². The summed E-state index contributed by atoms with van der Waals surface area (Å²) in [7, 11) is 1.66. The zero-order valence-corrected chi connectivity index (χ0v) is 20.9. The van der Waals surface area contributed by atoms with Gasteiger partial charge in [-0.25, -0.2) is 4.98 Å². The van der Waals surface area contributed by atoms with Crippen molar-refractivity contribution in [3.05, 3.63) is 76.0 Å². The van der Waals surface area contributed by atoms with Gasteiger partial charge in [0.05, 0.1) is 35.8 Å². The predicted octanol–water partition coefficient (Wildman–Crippen LogP) is 2.80. The lowest BCUT2D eigenvalue weighted by atomic mass is 10.0. The van der Waals surface area contributed by atoms with Crippen molar-refractivity contribution in [2.24, 2.45) is 0 Å². The Morgan fingerprint density at radius 3 is 2.82 bits per heavy atom. The molecule has 1 saturated heterocycles. The summed E-state index contributed by atoms with van der Waals surface area (Å²) in [5.41, 5.74) is 2.42. The number of nitrogens with zero attached hydrogens (tertiary/aromatic N) is 5. The van der Waals surface area contributed by atoms with Gasteiger partial charge in [0.15, 0.2) is 0 Å². The first-order valence-corrected chi connectivity index (χ1v) is 12.2. The van der Waals surface area contributed by atoms with Crippen molar-refractivity contribution >= 4 is 16.9 Å². The molecule has 0 bridgehead atoms. The van der Waals surface area contributed by atoms with Crippen molar-refractivity contribution in [1.29, 1.82) is 0 Å². The fourth-order valence-corrected chi connectivity index (χ4v) is 4.69. The summed E-state index contributed by atoms with van der Waals surface area (Å²) in [6.07, 6.45) is -3.39. The van der Waals surface area contributed by atoms with Crippen molar-refractivity contribution in [3.63, 3.8) is 0 Å². The summed E-state index contributed by atoms with van der Waals surface area (Å²) in [6.45, 7) is 1.49. The molecule has 1 aliphatic heterocycles. The van der Waals surface area contributed by atoms with Gasteiger partial charge in [0.2, 0.25) is 11.7 Å². The third kappa shape index (κ3) is 5.99. The van der Waals surface area contributed by atoms with E-state index in [0.717, 1.165) is 0 Å². The van der Waals surface area contributed by atoms with E-state index in [1.54, 1.807) is 54.4 Å². The Bertz CT molecular complexity index is 1550. The fourth-order valence-electron chi connectivity index (χ4n) is 4.69. The number of fused-ring (bicyclic) bond motifs is 1. The van der Waals surface area contributed by atoms with Gasteiger partial charge in [-0.3, -0.25) is 14.5 Å². The number of rotatable bonds is 7. The van der Waals surface area contributed by atoms with Crippen LogP contribution in [-0.4, -0.2) is 73.7 Å². The molecule has 0 aliphatic carbocycles. The maximum absolute atomic E-state index is 13.4. The van der Waals surface area contributed by atoms with Crippen LogP contribution in [0.1, 0.15) is 29.5 Å². The summed E-state index contributed by atoms with van der Waals surface area (Å²) in [5.74, 6) is -1.87. The maximum Gasteiger partial charge on any atom is 0.471 e. The molecule has 2 N–H and O–H groups in total. The molecule has 2 atom stereocenters. The standard InChI is InChI=1S/C26H25F3N6O4/c1-34(23(38)10-15-5-6-19-20(9-15)31-22(37)12-30-19)21(14-35-8-7-18(36)13-35)16-3-2-4-17(11-16)24-32-25(39-33-24)26(27,28)29/h2-6,9,11-12,18,21,36H,7-8,10,13-14H2,1H3,(H,31,37)/t18-,21-/m1/s1. The molecule has 0 radical (unpaired) electrons. The number of halogens is 3. The molecule has 4 aromatic rings. The number of aliphatic hydroxyl groups is 1. The Morgan fingerprint density at radius 1 is 1.28 bits per heavy atom. The van der Waals surface area contributed by atoms with Gasteiger partial charge in [0.1, 0.15) is 0 Å². The van der Waals surface area contributed by atoms with Crippen LogP contribution >= 0.6 is 0 Å². The molecule has 39 heavy (non-hydrogen) atoms. The van der Waals surface area contributed by atoms with E-state index >= 15 is 0 Å². The minimum atomic E-state index is -4.76. The molecular formula is C26H25F3N6O4. The number of hydrogen-bond acceptors (Lipinski definition) is 8. The second-order valence-electron chi connectivity index (χ2n) is 9.54. The van der Waals surface area contributed by atoms with Crippen LogP contribution in [0.5, 0.6) is 0 Å². The Balaban J connectivity index is 1.42. The van der Waals surface area contributed by atoms with E-state index in [2.05, 4.69) is 24.6 Å². The number of aliphatic hydroxyl groups excluding tert-OH is 1. The van der Waals surface area contributed by atoms with Crippen molar-refractivity contribution in [2.75, 3.05) is 26.7 Å². The number of amides is 1. The number of nitrogens with one attached hydrogen (secondary N) is 1. The summed E-state index contributed by atoms with van der Waals surface area (Å²) in [5, 5.41) is 13.5. The van der Waals surface area contributed by atoms with Crippen LogP contribution in [0.2, 0.25) is 0 Å². The molecule has 5 rings (SSSR count). The monoisotopic (exact) mass is 542 g/mol. The highest BCUT2D eigenvalue weighted by atomic mass is 19.4. The Labute approximate surface area is 220 Å². The molecule has 10 nitrogen and oxygen atoms in total. The summed E-state index contributed by atoms with van der Waals surface area (Å²) >= 11 is 0. The van der Waals surface area contributed by atoms with Crippen LogP contribution in [0.15, 0.2) is 58.0 Å². The molecule has 1 fully saturated rings. The molecule has 3 heterocycles. The Morgan fingerprint density at radius 2 is 2.10 bits per heavy atom. The zero-order valence-electron chi connectivity index (χ0n) is 20.9. The third-order valence-electron chi connectivity index (χ3n) is 6.73. The molecule has 0 spiro atoms. The van der Waals surface area contributed by atoms with Gasteiger partial charge in [0, 0.05) is 32.2 Å². The van der Waals surface area contributed by atoms with E-state index in [9.17, 15) is 27.9 Å². The van der Waals surface area contributed by atoms with Crippen molar-refractivity contribution < 1.29 is 27.6 Å². The van der Waals surface area contributed by atoms with E-state index < -0.39 is 24.2 Å². The maximum atomic E-state index is 13.4. The minimum Gasteiger partial charge on any atom is -0.392 e. The molecule has 2 aromatic heterocycles. The van der Waals surface area contributed by atoms with Crippen LogP contribution < -0.4 is 5.56 Å². The number of carbonyl (C=O) groups is 1. The van der Waals surface area contributed by atoms with Crippen LogP contribution in [0.4, 0.5) is 13.2 Å². The highest BCUT2D eigenvalue weighted by molar-refractivity contribution is 5.81. The van der Waals surface area contributed by atoms with Crippen molar-refractivity contribution in [2.45, 2.75) is 31.2 Å². The minimum absolute atomic E-state index is 0.0436. The SMILES string of the molecule is CN(C(=O)Cc1ccc2ncc(=O)[nH]c2c1)[C@H](CN1CC[C@@H](O)C1)c1cccc(-c2noc(C(F)(F)F)n2)c1. The first-order valence-electron chi connectivity index (χ1n) is 12.2. The number of likely N-dealkylation sites (tertiary alicyclic amines) is 1. The predicted molar refractivity (Wildman–Crippen MR) is 133 cm³/mol. The highest BCUT2D eigenvalue weighted by Gasteiger charge is 2.38. The molecule has 13 heteroatoms. The van der Waals surface area contributed by atoms with Gasteiger partial charge in [-0.15, -0.1) is 0 Å². The first kappa shape index (κ1) is 26.5. The highest BCUT2D eigenvalue weighted by Crippen LogP contribution is 2.31. The summed E-state index contributed by atoms with van der Waals surface area (Å²) in [6, 6.07) is 11.3. The number of aromatic amines is 1. The first-order chi connectivity index (χ1) is 18.6. The summed E-state index contributed by atoms with van der Waals surface area (Å²) < 4.78 is 43.3. The number of H-pyrrole nitrogens is 1. The van der Waals surface area contributed by atoms with Crippen LogP contribution in [0.3, 0.4) is 0 Å². The second-order valence-corrected chi connectivity index (χ2v) is 9.54. The molecule has 1 aliphatic rings. The number of aromatic nitrogens is 4.